The summed E-state index contributed by atoms with van der Waals surface area (Å²) in [4.78, 5) is 21.9. The van der Waals surface area contributed by atoms with Gasteiger partial charge in [0.15, 0.2) is 0 Å². The minimum Gasteiger partial charge on any atom is -0.393 e. The van der Waals surface area contributed by atoms with Crippen LogP contribution in [0.1, 0.15) is 46.1 Å². The van der Waals surface area contributed by atoms with Crippen molar-refractivity contribution in [1.29, 1.82) is 0 Å². The van der Waals surface area contributed by atoms with Crippen LogP contribution in [-0.4, -0.2) is 59.4 Å². The number of aliphatic hydroxyl groups excluding tert-OH is 1. The monoisotopic (exact) mass is 585 g/mol. The van der Waals surface area contributed by atoms with Gasteiger partial charge in [0.05, 0.1) is 33.7 Å². The third-order valence-electron chi connectivity index (χ3n) is 6.27. The van der Waals surface area contributed by atoms with E-state index in [2.05, 4.69) is 15.3 Å². The molecular weight excluding hydrogens is 561 g/mol. The van der Waals surface area contributed by atoms with Crippen molar-refractivity contribution >= 4 is 56.3 Å². The van der Waals surface area contributed by atoms with Gasteiger partial charge >= 0.3 is 0 Å². The van der Waals surface area contributed by atoms with Gasteiger partial charge in [0.25, 0.3) is 10.1 Å². The van der Waals surface area contributed by atoms with E-state index in [0.29, 0.717) is 29.0 Å². The van der Waals surface area contributed by atoms with Gasteiger partial charge in [-0.25, -0.2) is 9.97 Å². The molecule has 198 valence electrons. The maximum atomic E-state index is 13.5. The number of nitrogens with zero attached hydrogens (tertiary/aromatic N) is 2. The Bertz CT molecular complexity index is 1410. The number of carbonyl (C=O) groups is 1. The van der Waals surface area contributed by atoms with Crippen LogP contribution in [0.25, 0.3) is 0 Å². The van der Waals surface area contributed by atoms with Crippen LogP contribution in [0.4, 0.5) is 5.82 Å². The molecule has 1 aromatic carbocycles. The molecule has 1 saturated carbocycles. The molecule has 3 N–H and O–H groups in total. The van der Waals surface area contributed by atoms with Crippen molar-refractivity contribution in [2.75, 3.05) is 18.2 Å². The van der Waals surface area contributed by atoms with Gasteiger partial charge in [0, 0.05) is 28.7 Å². The minimum atomic E-state index is -3.62. The number of ketones is 1. The van der Waals surface area contributed by atoms with Crippen LogP contribution in [-0.2, 0) is 19.9 Å². The van der Waals surface area contributed by atoms with Crippen LogP contribution in [0.3, 0.4) is 0 Å². The third-order valence-corrected chi connectivity index (χ3v) is 8.43. The van der Waals surface area contributed by atoms with Gasteiger partial charge in [0.2, 0.25) is 5.78 Å². The Morgan fingerprint density at radius 2 is 2.05 bits per heavy atom. The summed E-state index contributed by atoms with van der Waals surface area (Å²) in [6.07, 6.45) is 3.62. The van der Waals surface area contributed by atoms with E-state index in [1.165, 1.54) is 12.5 Å². The Morgan fingerprint density at radius 3 is 2.76 bits per heavy atom. The van der Waals surface area contributed by atoms with Gasteiger partial charge < -0.3 is 15.5 Å². The first-order valence-electron chi connectivity index (χ1n) is 11.3. The number of benzene rings is 1. The third kappa shape index (κ3) is 6.48. The fourth-order valence-corrected chi connectivity index (χ4v) is 6.35. The Labute approximate surface area is 228 Å². The number of nitrogens with one attached hydrogen (secondary N) is 1. The number of thiophene rings is 1. The first kappa shape index (κ1) is 27.9. The van der Waals surface area contributed by atoms with Gasteiger partial charge in [-0.3, -0.25) is 8.98 Å². The molecule has 13 heteroatoms. The normalized spacial score (nSPS) is 21.5. The smallest absolute Gasteiger partial charge is 0.264 e. The number of hydrogen-bond donors (Lipinski definition) is 3. The summed E-state index contributed by atoms with van der Waals surface area (Å²) < 4.78 is 27.7. The first-order valence-corrected chi connectivity index (χ1v) is 14.7. The van der Waals surface area contributed by atoms with E-state index in [4.69, 9.17) is 27.4 Å². The molecule has 1 fully saturated rings. The van der Waals surface area contributed by atoms with E-state index in [1.807, 2.05) is 0 Å². The summed E-state index contributed by atoms with van der Waals surface area (Å²) in [7, 11) is -3.62. The van der Waals surface area contributed by atoms with E-state index >= 15 is 0 Å². The lowest BCUT2D eigenvalue weighted by Gasteiger charge is -2.23. The van der Waals surface area contributed by atoms with Crippen molar-refractivity contribution in [2.45, 2.75) is 37.5 Å². The Balaban J connectivity index is 1.54. The predicted octanol–water partition coefficient (Wildman–Crippen LogP) is 3.86. The lowest BCUT2D eigenvalue weighted by molar-refractivity contribution is 0.101. The van der Waals surface area contributed by atoms with Crippen molar-refractivity contribution in [3.8, 4) is 0 Å². The lowest BCUT2D eigenvalue weighted by Crippen LogP contribution is -2.22. The maximum Gasteiger partial charge on any atom is 0.264 e. The lowest BCUT2D eigenvalue weighted by atomic mass is 9.89. The number of anilines is 1. The van der Waals surface area contributed by atoms with Gasteiger partial charge in [-0.2, -0.15) is 8.42 Å². The summed E-state index contributed by atoms with van der Waals surface area (Å²) in [5.41, 5.74) is -0.407. The van der Waals surface area contributed by atoms with E-state index in [1.54, 1.807) is 37.3 Å². The summed E-state index contributed by atoms with van der Waals surface area (Å²) >= 11 is 13.6. The number of hydrogen-bond acceptors (Lipinski definition) is 10. The zero-order chi connectivity index (χ0) is 27.0. The molecule has 0 saturated heterocycles. The summed E-state index contributed by atoms with van der Waals surface area (Å²) in [5.74, 6) is -0.506. The molecular formula is C24H25Cl2N3O6S2. The second-order valence-corrected chi connectivity index (χ2v) is 12.9. The second-order valence-electron chi connectivity index (χ2n) is 9.12. The summed E-state index contributed by atoms with van der Waals surface area (Å²) in [6, 6.07) is 8.04. The van der Waals surface area contributed by atoms with Crippen LogP contribution >= 0.6 is 34.5 Å². The standard InChI is InChI=1S/C24H25Cl2N3O6S2/c1-24(32,14-4-3-5-15(25)7-14)18-9-20(36-22(18)26)21(31)17-10-27-12-28-23(17)29-16-6-13(19(30)8-16)11-35-37(2,33)34/h3-5,7,9-10,12-13,16,19,30,32H,6,8,11H2,1-2H3,(H,27,28,29)/t13-,16-,19+,24?/m1/s1. The number of aromatic nitrogens is 2. The highest BCUT2D eigenvalue weighted by Gasteiger charge is 2.35. The highest BCUT2D eigenvalue weighted by Crippen LogP contribution is 2.40. The van der Waals surface area contributed by atoms with E-state index in [0.717, 1.165) is 17.6 Å². The summed E-state index contributed by atoms with van der Waals surface area (Å²) in [6.45, 7) is 1.45. The molecule has 4 rings (SSSR count). The van der Waals surface area contributed by atoms with Crippen LogP contribution in [0.5, 0.6) is 0 Å². The topological polar surface area (TPSA) is 139 Å². The SMILES string of the molecule is CC(O)(c1cccc(Cl)c1)c1cc(C(=O)c2cncnc2N[C@@H]2C[C@H](COS(C)(=O)=O)[C@@H](O)C2)sc1Cl. The fraction of sp³-hybridized carbons (Fsp3) is 0.375. The van der Waals surface area contributed by atoms with Crippen molar-refractivity contribution in [3.63, 3.8) is 0 Å². The van der Waals surface area contributed by atoms with Gasteiger partial charge in [0.1, 0.15) is 17.7 Å². The average Bonchev–Trinajstić information content (AvgIpc) is 3.39. The Morgan fingerprint density at radius 1 is 1.30 bits per heavy atom. The minimum absolute atomic E-state index is 0.128. The molecule has 1 aliphatic rings. The van der Waals surface area contributed by atoms with Crippen molar-refractivity contribution in [3.05, 3.63) is 73.8 Å². The molecule has 1 aliphatic carbocycles. The van der Waals surface area contributed by atoms with E-state index in [-0.39, 0.29) is 39.2 Å². The van der Waals surface area contributed by atoms with E-state index in [9.17, 15) is 23.4 Å². The molecule has 37 heavy (non-hydrogen) atoms. The van der Waals surface area contributed by atoms with E-state index < -0.39 is 27.6 Å². The molecule has 0 spiro atoms. The second kappa shape index (κ2) is 10.9. The number of carbonyl (C=O) groups excluding carboxylic acids is 1. The highest BCUT2D eigenvalue weighted by molar-refractivity contribution is 7.85. The maximum absolute atomic E-state index is 13.5. The first-order chi connectivity index (χ1) is 17.3. The molecule has 0 bridgehead atoms. The van der Waals surface area contributed by atoms with Gasteiger partial charge in [-0.1, -0.05) is 35.3 Å². The van der Waals surface area contributed by atoms with Gasteiger partial charge in [-0.05, 0) is 43.5 Å². The molecule has 0 radical (unpaired) electrons. The van der Waals surface area contributed by atoms with Crippen LogP contribution in [0, 0.1) is 5.92 Å². The zero-order valence-corrected chi connectivity index (χ0v) is 23.0. The Kier molecular flexibility index (Phi) is 8.25. The predicted molar refractivity (Wildman–Crippen MR) is 142 cm³/mol. The number of halogens is 2. The van der Waals surface area contributed by atoms with Crippen molar-refractivity contribution < 1.29 is 27.6 Å². The number of aliphatic hydroxyl groups is 2. The summed E-state index contributed by atoms with van der Waals surface area (Å²) in [5, 5.41) is 25.2. The van der Waals surface area contributed by atoms with Crippen LogP contribution in [0.15, 0.2) is 42.9 Å². The molecule has 0 aliphatic heterocycles. The largest absolute Gasteiger partial charge is 0.393 e. The van der Waals surface area contributed by atoms with Crippen LogP contribution < -0.4 is 5.32 Å². The molecule has 9 nitrogen and oxygen atoms in total. The molecule has 3 aromatic rings. The fourth-order valence-electron chi connectivity index (χ4n) is 4.31. The molecule has 2 aromatic heterocycles. The molecule has 2 heterocycles. The quantitative estimate of drug-likeness (QED) is 0.252. The Hall–Kier alpha value is -2.12. The molecule has 0 amide bonds. The zero-order valence-electron chi connectivity index (χ0n) is 19.9. The highest BCUT2D eigenvalue weighted by atomic mass is 35.5. The number of rotatable bonds is 9. The average molecular weight is 587 g/mol. The molecule has 4 atom stereocenters. The van der Waals surface area contributed by atoms with Crippen molar-refractivity contribution in [2.24, 2.45) is 5.92 Å². The van der Waals surface area contributed by atoms with Crippen molar-refractivity contribution in [1.82, 2.24) is 9.97 Å². The van der Waals surface area contributed by atoms with Crippen LogP contribution in [0.2, 0.25) is 9.36 Å². The van der Waals surface area contributed by atoms with Gasteiger partial charge in [-0.15, -0.1) is 11.3 Å². The molecule has 1 unspecified atom stereocenters.